The Morgan fingerprint density at radius 1 is 0.538 bits per heavy atom. The molecule has 0 bridgehead atoms. The molecule has 0 saturated carbocycles. The molecule has 1 heterocycles. The number of nitrogens with zero attached hydrogens (tertiary/aromatic N) is 6. The number of para-hydroxylation sites is 1. The van der Waals surface area contributed by atoms with E-state index in [0.717, 1.165) is 11.1 Å². The van der Waals surface area contributed by atoms with Crippen LogP contribution in [0.15, 0.2) is 54.6 Å². The van der Waals surface area contributed by atoms with E-state index in [1.165, 1.54) is 0 Å². The molecule has 3 aromatic rings. The molecule has 212 valence electrons. The van der Waals surface area contributed by atoms with Crippen molar-refractivity contribution < 1.29 is 30.3 Å². The van der Waals surface area contributed by atoms with Crippen LogP contribution in [0.1, 0.15) is 11.1 Å². The molecule has 3 rings (SSSR count). The first-order chi connectivity index (χ1) is 19.1. The Balaban J connectivity index is 2.06. The molecule has 1 aromatic heterocycles. The van der Waals surface area contributed by atoms with Crippen molar-refractivity contribution in [3.05, 3.63) is 65.7 Å². The summed E-state index contributed by atoms with van der Waals surface area (Å²) < 4.78 is 5.70. The number of aliphatic hydroxyl groups excluding tert-OH is 5. The Hall–Kier alpha value is -3.55. The summed E-state index contributed by atoms with van der Waals surface area (Å²) in [5, 5.41) is 48.2. The van der Waals surface area contributed by atoms with Gasteiger partial charge in [-0.2, -0.15) is 15.0 Å². The summed E-state index contributed by atoms with van der Waals surface area (Å²) >= 11 is 0. The minimum absolute atomic E-state index is 0.122. The van der Waals surface area contributed by atoms with E-state index in [1.54, 1.807) is 15.9 Å². The van der Waals surface area contributed by atoms with Gasteiger partial charge in [-0.15, -0.1) is 0 Å². The maximum absolute atomic E-state index is 9.89. The van der Waals surface area contributed by atoms with Gasteiger partial charge in [0.05, 0.1) is 33.0 Å². The van der Waals surface area contributed by atoms with Crippen LogP contribution in [-0.2, 0) is 13.1 Å². The number of anilines is 3. The maximum Gasteiger partial charge on any atom is 0.232 e. The van der Waals surface area contributed by atoms with Crippen LogP contribution in [0.25, 0.3) is 0 Å². The summed E-state index contributed by atoms with van der Waals surface area (Å²) in [6.45, 7) is 0.963. The Morgan fingerprint density at radius 3 is 1.59 bits per heavy atom. The zero-order valence-electron chi connectivity index (χ0n) is 22.0. The van der Waals surface area contributed by atoms with Gasteiger partial charge in [0.1, 0.15) is 12.4 Å². The molecule has 5 N–H and O–H groups in total. The highest BCUT2D eigenvalue weighted by Crippen LogP contribution is 2.25. The second-order valence-corrected chi connectivity index (χ2v) is 8.63. The van der Waals surface area contributed by atoms with Crippen LogP contribution in [0, 0.1) is 0 Å². The lowest BCUT2D eigenvalue weighted by Gasteiger charge is -2.29. The summed E-state index contributed by atoms with van der Waals surface area (Å²) in [5.41, 5.74) is 1.81. The third-order valence-electron chi connectivity index (χ3n) is 5.83. The number of aromatic nitrogens is 3. The first kappa shape index (κ1) is 30.0. The van der Waals surface area contributed by atoms with Gasteiger partial charge < -0.3 is 45.0 Å². The van der Waals surface area contributed by atoms with Gasteiger partial charge in [-0.3, -0.25) is 0 Å². The van der Waals surface area contributed by atoms with E-state index < -0.39 is 0 Å². The third-order valence-corrected chi connectivity index (χ3v) is 5.83. The molecule has 0 unspecified atom stereocenters. The summed E-state index contributed by atoms with van der Waals surface area (Å²) in [4.78, 5) is 19.3. The molecule has 2 aromatic carbocycles. The predicted octanol–water partition coefficient (Wildman–Crippen LogP) is 0.0315. The van der Waals surface area contributed by atoms with Crippen molar-refractivity contribution in [1.82, 2.24) is 15.0 Å². The number of hydrogen-bond donors (Lipinski definition) is 5. The minimum atomic E-state index is -0.170. The van der Waals surface area contributed by atoms with Crippen molar-refractivity contribution in [2.75, 3.05) is 80.5 Å². The van der Waals surface area contributed by atoms with Gasteiger partial charge >= 0.3 is 0 Å². The highest BCUT2D eigenvalue weighted by molar-refractivity contribution is 5.48. The largest absolute Gasteiger partial charge is 0.491 e. The lowest BCUT2D eigenvalue weighted by atomic mass is 10.2. The van der Waals surface area contributed by atoms with Gasteiger partial charge in [0.15, 0.2) is 0 Å². The molecule has 0 amide bonds. The van der Waals surface area contributed by atoms with Crippen LogP contribution in [0.5, 0.6) is 5.75 Å². The first-order valence-corrected chi connectivity index (χ1v) is 12.9. The SMILES string of the molecule is OCCOc1ccccc1CN(CCO)c1nc(N(CCO)CCO)nc(N(CCO)Cc2ccccc2)n1. The topological polar surface area (TPSA) is 159 Å². The fourth-order valence-corrected chi connectivity index (χ4v) is 4.00. The molecule has 0 saturated heterocycles. The van der Waals surface area contributed by atoms with Crippen molar-refractivity contribution in [1.29, 1.82) is 0 Å². The Bertz CT molecular complexity index is 1100. The monoisotopic (exact) mass is 542 g/mol. The molecule has 0 aliphatic rings. The molecule has 12 nitrogen and oxygen atoms in total. The lowest BCUT2D eigenvalue weighted by molar-refractivity contribution is 0.200. The zero-order valence-corrected chi connectivity index (χ0v) is 22.0. The minimum Gasteiger partial charge on any atom is -0.491 e. The molecule has 0 aliphatic carbocycles. The molecule has 0 atom stereocenters. The molecule has 0 spiro atoms. The number of benzene rings is 2. The third kappa shape index (κ3) is 9.01. The van der Waals surface area contributed by atoms with Gasteiger partial charge in [-0.25, -0.2) is 0 Å². The quantitative estimate of drug-likeness (QED) is 0.147. The van der Waals surface area contributed by atoms with E-state index in [0.29, 0.717) is 24.8 Å². The summed E-state index contributed by atoms with van der Waals surface area (Å²) in [6.07, 6.45) is 0. The second kappa shape index (κ2) is 16.4. The lowest BCUT2D eigenvalue weighted by Crippen LogP contribution is -2.35. The molecule has 0 radical (unpaired) electrons. The van der Waals surface area contributed by atoms with Crippen LogP contribution in [-0.4, -0.2) is 106 Å². The predicted molar refractivity (Wildman–Crippen MR) is 148 cm³/mol. The fraction of sp³-hybridized carbons (Fsp3) is 0.444. The molecule has 12 heteroatoms. The van der Waals surface area contributed by atoms with Gasteiger partial charge in [0.25, 0.3) is 0 Å². The number of hydrogen-bond acceptors (Lipinski definition) is 12. The van der Waals surface area contributed by atoms with Crippen molar-refractivity contribution in [3.63, 3.8) is 0 Å². The summed E-state index contributed by atoms with van der Waals surface area (Å²) in [6, 6.07) is 17.1. The highest BCUT2D eigenvalue weighted by Gasteiger charge is 2.21. The van der Waals surface area contributed by atoms with Crippen LogP contribution in [0.4, 0.5) is 17.8 Å². The second-order valence-electron chi connectivity index (χ2n) is 8.63. The van der Waals surface area contributed by atoms with Crippen molar-refractivity contribution >= 4 is 17.8 Å². The van der Waals surface area contributed by atoms with Gasteiger partial charge in [0.2, 0.25) is 17.8 Å². The summed E-state index contributed by atoms with van der Waals surface area (Å²) in [5.74, 6) is 1.43. The molecule has 0 aliphatic heterocycles. The smallest absolute Gasteiger partial charge is 0.232 e. The van der Waals surface area contributed by atoms with E-state index in [-0.39, 0.29) is 77.7 Å². The average Bonchev–Trinajstić information content (AvgIpc) is 2.96. The normalized spacial score (nSPS) is 10.9. The van der Waals surface area contributed by atoms with Gasteiger partial charge in [0, 0.05) is 44.8 Å². The van der Waals surface area contributed by atoms with Crippen LogP contribution in [0.2, 0.25) is 0 Å². The van der Waals surface area contributed by atoms with Crippen LogP contribution < -0.4 is 19.4 Å². The Morgan fingerprint density at radius 2 is 1.03 bits per heavy atom. The maximum atomic E-state index is 9.89. The zero-order chi connectivity index (χ0) is 27.9. The Kier molecular flexibility index (Phi) is 12.6. The van der Waals surface area contributed by atoms with E-state index in [4.69, 9.17) is 9.72 Å². The summed E-state index contributed by atoms with van der Waals surface area (Å²) in [7, 11) is 0. The van der Waals surface area contributed by atoms with E-state index in [1.807, 2.05) is 53.4 Å². The first-order valence-electron chi connectivity index (χ1n) is 12.9. The van der Waals surface area contributed by atoms with Crippen LogP contribution >= 0.6 is 0 Å². The van der Waals surface area contributed by atoms with E-state index in [2.05, 4.69) is 9.97 Å². The van der Waals surface area contributed by atoms with E-state index >= 15 is 0 Å². The van der Waals surface area contributed by atoms with Gasteiger partial charge in [-0.05, 0) is 11.6 Å². The fourth-order valence-electron chi connectivity index (χ4n) is 4.00. The molecule has 39 heavy (non-hydrogen) atoms. The molecular formula is C27H38N6O6. The standard InChI is InChI=1S/C27H38N6O6/c34-14-10-31(11-15-35)25-28-26(32(12-16-36)20-22-6-2-1-3-7-22)30-27(29-25)33(13-17-37)21-23-8-4-5-9-24(23)39-19-18-38/h1-9,34-38H,10-21H2. The van der Waals surface area contributed by atoms with E-state index in [9.17, 15) is 25.5 Å². The number of ether oxygens (including phenoxy) is 1. The molecule has 0 fully saturated rings. The number of aliphatic hydroxyl groups is 5. The Labute approximate surface area is 228 Å². The molecular weight excluding hydrogens is 504 g/mol. The van der Waals surface area contributed by atoms with Crippen molar-refractivity contribution in [3.8, 4) is 5.75 Å². The number of rotatable bonds is 18. The van der Waals surface area contributed by atoms with Crippen LogP contribution in [0.3, 0.4) is 0 Å². The van der Waals surface area contributed by atoms with Crippen molar-refractivity contribution in [2.45, 2.75) is 13.1 Å². The van der Waals surface area contributed by atoms with Crippen molar-refractivity contribution in [2.24, 2.45) is 0 Å². The highest BCUT2D eigenvalue weighted by atomic mass is 16.5. The average molecular weight is 543 g/mol. The van der Waals surface area contributed by atoms with Gasteiger partial charge in [-0.1, -0.05) is 48.5 Å².